The molecule has 0 aliphatic rings. The Balaban J connectivity index is 2.69. The first-order valence-electron chi connectivity index (χ1n) is 5.03. The summed E-state index contributed by atoms with van der Waals surface area (Å²) in [6, 6.07) is 5.24. The molecule has 0 saturated carbocycles. The monoisotopic (exact) mass is 226 g/mol. The second kappa shape index (κ2) is 5.07. The lowest BCUT2D eigenvalue weighted by Crippen LogP contribution is -2.05. The average molecular weight is 226 g/mol. The zero-order valence-electron chi connectivity index (χ0n) is 9.01. The molecule has 0 N–H and O–H groups in total. The van der Waals surface area contributed by atoms with Crippen molar-refractivity contribution in [3.05, 3.63) is 35.4 Å². The Kier molecular flexibility index (Phi) is 4.00. The van der Waals surface area contributed by atoms with Crippen molar-refractivity contribution in [2.45, 2.75) is 25.9 Å². The number of benzene rings is 1. The maximum absolute atomic E-state index is 12.3. The highest BCUT2D eigenvalue weighted by atomic mass is 19.4. The summed E-state index contributed by atoms with van der Waals surface area (Å²) in [5.74, 6) is 2.84. The molecule has 1 atom stereocenters. The van der Waals surface area contributed by atoms with Gasteiger partial charge < -0.3 is 0 Å². The Morgan fingerprint density at radius 3 is 2.25 bits per heavy atom. The summed E-state index contributed by atoms with van der Waals surface area (Å²) in [5.41, 5.74) is 0.275. The third-order valence-electron chi connectivity index (χ3n) is 2.33. The molecular weight excluding hydrogens is 213 g/mol. The van der Waals surface area contributed by atoms with Gasteiger partial charge in [-0.2, -0.15) is 13.2 Å². The van der Waals surface area contributed by atoms with Gasteiger partial charge in [0.2, 0.25) is 0 Å². The van der Waals surface area contributed by atoms with Gasteiger partial charge in [0.25, 0.3) is 0 Å². The largest absolute Gasteiger partial charge is 0.416 e. The molecular formula is C13H13F3. The number of halogens is 3. The number of hydrogen-bond donors (Lipinski definition) is 0. The molecule has 86 valence electrons. The molecule has 1 rings (SSSR count). The first-order chi connectivity index (χ1) is 7.43. The molecule has 16 heavy (non-hydrogen) atoms. The molecule has 1 aromatic carbocycles. The van der Waals surface area contributed by atoms with Crippen LogP contribution in [0.3, 0.4) is 0 Å². The number of alkyl halides is 3. The maximum atomic E-state index is 12.3. The summed E-state index contributed by atoms with van der Waals surface area (Å²) in [6.07, 6.45) is 2.26. The van der Waals surface area contributed by atoms with Gasteiger partial charge in [0.05, 0.1) is 5.56 Å². The summed E-state index contributed by atoms with van der Waals surface area (Å²) in [5, 5.41) is 0. The predicted molar refractivity (Wildman–Crippen MR) is 57.8 cm³/mol. The minimum absolute atomic E-state index is 0.293. The molecule has 0 bridgehead atoms. The Morgan fingerprint density at radius 2 is 1.81 bits per heavy atom. The van der Waals surface area contributed by atoms with Crippen LogP contribution in [0.2, 0.25) is 0 Å². The number of terminal acetylenes is 1. The topological polar surface area (TPSA) is 0 Å². The molecule has 0 aromatic heterocycles. The van der Waals surface area contributed by atoms with E-state index < -0.39 is 11.7 Å². The highest BCUT2D eigenvalue weighted by Crippen LogP contribution is 2.29. The van der Waals surface area contributed by atoms with E-state index in [0.717, 1.165) is 17.7 Å². The first-order valence-corrected chi connectivity index (χ1v) is 5.03. The average Bonchev–Trinajstić information content (AvgIpc) is 2.17. The molecule has 3 heteroatoms. The summed E-state index contributed by atoms with van der Waals surface area (Å²) in [4.78, 5) is 0. The van der Waals surface area contributed by atoms with Gasteiger partial charge in [-0.05, 0) is 30.0 Å². The van der Waals surface area contributed by atoms with Crippen molar-refractivity contribution in [1.82, 2.24) is 0 Å². The Bertz CT molecular complexity index is 368. The molecule has 0 nitrogen and oxygen atoms in total. The van der Waals surface area contributed by atoms with E-state index in [-0.39, 0.29) is 0 Å². The molecule has 1 unspecified atom stereocenters. The summed E-state index contributed by atoms with van der Waals surface area (Å²) in [7, 11) is 0. The van der Waals surface area contributed by atoms with E-state index in [1.54, 1.807) is 0 Å². The van der Waals surface area contributed by atoms with E-state index in [2.05, 4.69) is 5.92 Å². The van der Waals surface area contributed by atoms with Gasteiger partial charge in [0.15, 0.2) is 0 Å². The van der Waals surface area contributed by atoms with E-state index in [0.29, 0.717) is 18.8 Å². The van der Waals surface area contributed by atoms with Crippen molar-refractivity contribution in [1.29, 1.82) is 0 Å². The van der Waals surface area contributed by atoms with Crippen LogP contribution in [-0.2, 0) is 12.6 Å². The third kappa shape index (κ3) is 3.62. The van der Waals surface area contributed by atoms with Crippen molar-refractivity contribution in [2.75, 3.05) is 0 Å². The molecule has 0 radical (unpaired) electrons. The maximum Gasteiger partial charge on any atom is 0.416 e. The predicted octanol–water partition coefficient (Wildman–Crippen LogP) is 3.91. The summed E-state index contributed by atoms with van der Waals surface area (Å²) in [6.45, 7) is 1.98. The Morgan fingerprint density at radius 1 is 1.25 bits per heavy atom. The van der Waals surface area contributed by atoms with Crippen molar-refractivity contribution in [2.24, 2.45) is 5.92 Å². The Hall–Kier alpha value is -1.43. The summed E-state index contributed by atoms with van der Waals surface area (Å²) >= 11 is 0. The van der Waals surface area contributed by atoms with E-state index in [1.165, 1.54) is 12.1 Å². The van der Waals surface area contributed by atoms with E-state index in [1.807, 2.05) is 6.92 Å². The lowest BCUT2D eigenvalue weighted by molar-refractivity contribution is -0.137. The van der Waals surface area contributed by atoms with E-state index >= 15 is 0 Å². The minimum Gasteiger partial charge on any atom is -0.166 e. The molecule has 0 aliphatic heterocycles. The Labute approximate surface area is 93.5 Å². The van der Waals surface area contributed by atoms with Gasteiger partial charge in [-0.3, -0.25) is 0 Å². The smallest absolute Gasteiger partial charge is 0.166 e. The molecule has 0 amide bonds. The highest BCUT2D eigenvalue weighted by molar-refractivity contribution is 5.24. The first kappa shape index (κ1) is 12.6. The van der Waals surface area contributed by atoms with Gasteiger partial charge in [0.1, 0.15) is 0 Å². The minimum atomic E-state index is -4.26. The van der Waals surface area contributed by atoms with Crippen LogP contribution in [0.5, 0.6) is 0 Å². The van der Waals surface area contributed by atoms with E-state index in [4.69, 9.17) is 6.42 Å². The van der Waals surface area contributed by atoms with Crippen LogP contribution in [0, 0.1) is 18.3 Å². The molecule has 0 spiro atoms. The SMILES string of the molecule is C#CCC(C)Cc1ccc(C(F)(F)F)cc1. The van der Waals surface area contributed by atoms with Crippen molar-refractivity contribution in [3.8, 4) is 12.3 Å². The van der Waals surface area contributed by atoms with Crippen LogP contribution in [-0.4, -0.2) is 0 Å². The zero-order chi connectivity index (χ0) is 12.2. The van der Waals surface area contributed by atoms with Crippen LogP contribution >= 0.6 is 0 Å². The van der Waals surface area contributed by atoms with Crippen molar-refractivity contribution >= 4 is 0 Å². The van der Waals surface area contributed by atoms with Crippen LogP contribution in [0.25, 0.3) is 0 Å². The normalized spacial score (nSPS) is 13.2. The molecule has 1 aromatic rings. The molecule has 0 heterocycles. The third-order valence-corrected chi connectivity index (χ3v) is 2.33. The fourth-order valence-electron chi connectivity index (χ4n) is 1.51. The number of hydrogen-bond acceptors (Lipinski definition) is 0. The molecule has 0 aliphatic carbocycles. The van der Waals surface area contributed by atoms with E-state index in [9.17, 15) is 13.2 Å². The fourth-order valence-corrected chi connectivity index (χ4v) is 1.51. The van der Waals surface area contributed by atoms with Crippen molar-refractivity contribution < 1.29 is 13.2 Å². The van der Waals surface area contributed by atoms with Gasteiger partial charge >= 0.3 is 6.18 Å². The molecule has 0 fully saturated rings. The van der Waals surface area contributed by atoms with Crippen LogP contribution in [0.15, 0.2) is 24.3 Å². The zero-order valence-corrected chi connectivity index (χ0v) is 9.01. The van der Waals surface area contributed by atoms with Gasteiger partial charge in [0, 0.05) is 6.42 Å². The second-order valence-electron chi connectivity index (χ2n) is 3.91. The highest BCUT2D eigenvalue weighted by Gasteiger charge is 2.29. The van der Waals surface area contributed by atoms with Crippen LogP contribution in [0.4, 0.5) is 13.2 Å². The van der Waals surface area contributed by atoms with Gasteiger partial charge in [-0.1, -0.05) is 19.1 Å². The summed E-state index contributed by atoms with van der Waals surface area (Å²) < 4.78 is 36.8. The molecule has 0 saturated heterocycles. The van der Waals surface area contributed by atoms with Crippen LogP contribution < -0.4 is 0 Å². The lowest BCUT2D eigenvalue weighted by atomic mass is 9.98. The quantitative estimate of drug-likeness (QED) is 0.685. The van der Waals surface area contributed by atoms with Crippen LogP contribution in [0.1, 0.15) is 24.5 Å². The second-order valence-corrected chi connectivity index (χ2v) is 3.91. The van der Waals surface area contributed by atoms with Crippen molar-refractivity contribution in [3.63, 3.8) is 0 Å². The standard InChI is InChI=1S/C13H13F3/c1-3-4-10(2)9-11-5-7-12(8-6-11)13(14,15)16/h1,5-8,10H,4,9H2,2H3. The fraction of sp³-hybridized carbons (Fsp3) is 0.385. The van der Waals surface area contributed by atoms with Gasteiger partial charge in [-0.25, -0.2) is 0 Å². The number of rotatable bonds is 3. The lowest BCUT2D eigenvalue weighted by Gasteiger charge is -2.10. The van der Waals surface area contributed by atoms with Gasteiger partial charge in [-0.15, -0.1) is 12.3 Å².